The fourth-order valence-corrected chi connectivity index (χ4v) is 3.14. The van der Waals surface area contributed by atoms with E-state index in [1.165, 1.54) is 18.3 Å². The van der Waals surface area contributed by atoms with Crippen LogP contribution in [0.15, 0.2) is 40.5 Å². The second kappa shape index (κ2) is 6.27. The first-order chi connectivity index (χ1) is 10.4. The number of aromatic nitrogens is 3. The summed E-state index contributed by atoms with van der Waals surface area (Å²) >= 11 is 0. The molecular weight excluding hydrogens is 304 g/mol. The van der Waals surface area contributed by atoms with Crippen LogP contribution in [0.4, 0.5) is 4.79 Å². The zero-order chi connectivity index (χ0) is 16.3. The van der Waals surface area contributed by atoms with Gasteiger partial charge in [-0.15, -0.1) is 0 Å². The van der Waals surface area contributed by atoms with Crippen molar-refractivity contribution in [3.8, 4) is 0 Å². The summed E-state index contributed by atoms with van der Waals surface area (Å²) < 4.78 is 26.0. The molecular formula is C14H18N4O3S. The molecule has 0 aliphatic heterocycles. The van der Waals surface area contributed by atoms with E-state index in [0.717, 1.165) is 4.68 Å². The average Bonchev–Trinajstić information content (AvgIpc) is 2.99. The zero-order valence-corrected chi connectivity index (χ0v) is 13.5. The third kappa shape index (κ3) is 3.01. The standard InChI is InChI=1S/C14H18N4O3S/c1-4-17(5-2)14(19)18-10-9-13(16-18)22(20,21)12-8-6-7-11(3)15-12/h6-10H,4-5H2,1-3H3. The molecule has 0 saturated carbocycles. The molecule has 0 atom stereocenters. The molecule has 0 fully saturated rings. The van der Waals surface area contributed by atoms with Crippen LogP contribution < -0.4 is 0 Å². The highest BCUT2D eigenvalue weighted by molar-refractivity contribution is 7.91. The van der Waals surface area contributed by atoms with Crippen LogP contribution in [0.3, 0.4) is 0 Å². The predicted octanol–water partition coefficient (Wildman–Crippen LogP) is 1.73. The lowest BCUT2D eigenvalue weighted by atomic mass is 10.4. The topological polar surface area (TPSA) is 85.2 Å². The molecule has 2 aromatic heterocycles. The van der Waals surface area contributed by atoms with Crippen LogP contribution in [0.5, 0.6) is 0 Å². The maximum Gasteiger partial charge on any atom is 0.344 e. The maximum absolute atomic E-state index is 12.5. The van der Waals surface area contributed by atoms with Gasteiger partial charge in [-0.2, -0.15) is 9.78 Å². The van der Waals surface area contributed by atoms with Gasteiger partial charge in [0.15, 0.2) is 10.1 Å². The third-order valence-electron chi connectivity index (χ3n) is 3.21. The van der Waals surface area contributed by atoms with Gasteiger partial charge in [0, 0.05) is 25.0 Å². The first-order valence-electron chi connectivity index (χ1n) is 6.93. The average molecular weight is 322 g/mol. The number of carbonyl (C=O) groups is 1. The van der Waals surface area contributed by atoms with Crippen LogP contribution in [-0.4, -0.2) is 47.2 Å². The Morgan fingerprint density at radius 1 is 1.18 bits per heavy atom. The highest BCUT2D eigenvalue weighted by atomic mass is 32.2. The number of carbonyl (C=O) groups excluding carboxylic acids is 1. The molecule has 0 spiro atoms. The minimum Gasteiger partial charge on any atom is -0.323 e. The number of nitrogens with zero attached hydrogens (tertiary/aromatic N) is 4. The molecule has 7 nitrogen and oxygen atoms in total. The fourth-order valence-electron chi connectivity index (χ4n) is 1.97. The van der Waals surface area contributed by atoms with Gasteiger partial charge < -0.3 is 4.90 Å². The summed E-state index contributed by atoms with van der Waals surface area (Å²) in [6.45, 7) is 6.45. The van der Waals surface area contributed by atoms with Crippen LogP contribution in [0.25, 0.3) is 0 Å². The molecule has 0 unspecified atom stereocenters. The molecule has 118 valence electrons. The smallest absolute Gasteiger partial charge is 0.323 e. The van der Waals surface area contributed by atoms with Crippen molar-refractivity contribution in [2.45, 2.75) is 30.8 Å². The van der Waals surface area contributed by atoms with Gasteiger partial charge in [0.1, 0.15) is 0 Å². The molecule has 2 heterocycles. The highest BCUT2D eigenvalue weighted by Gasteiger charge is 2.24. The van der Waals surface area contributed by atoms with E-state index in [2.05, 4.69) is 10.1 Å². The summed E-state index contributed by atoms with van der Waals surface area (Å²) in [5.74, 6) is 0. The Kier molecular flexibility index (Phi) is 4.60. The number of pyridine rings is 1. The number of hydrogen-bond donors (Lipinski definition) is 0. The van der Waals surface area contributed by atoms with Crippen LogP contribution in [0.2, 0.25) is 0 Å². The SMILES string of the molecule is CCN(CC)C(=O)n1ccc(S(=O)(=O)c2cccc(C)n2)n1. The lowest BCUT2D eigenvalue weighted by molar-refractivity contribution is 0.201. The molecule has 0 N–H and O–H groups in total. The second-order valence-electron chi connectivity index (χ2n) is 4.67. The predicted molar refractivity (Wildman–Crippen MR) is 80.4 cm³/mol. The van der Waals surface area contributed by atoms with Crippen molar-refractivity contribution in [3.05, 3.63) is 36.2 Å². The third-order valence-corrected chi connectivity index (χ3v) is 4.75. The van der Waals surface area contributed by atoms with Crippen LogP contribution in [0, 0.1) is 6.92 Å². The lowest BCUT2D eigenvalue weighted by Crippen LogP contribution is -2.34. The molecule has 0 radical (unpaired) electrons. The number of amides is 1. The number of aryl methyl sites for hydroxylation is 1. The highest BCUT2D eigenvalue weighted by Crippen LogP contribution is 2.17. The van der Waals surface area contributed by atoms with Crippen molar-refractivity contribution in [2.75, 3.05) is 13.1 Å². The van der Waals surface area contributed by atoms with Crippen molar-refractivity contribution in [2.24, 2.45) is 0 Å². The first kappa shape index (κ1) is 16.2. The Morgan fingerprint density at radius 2 is 1.86 bits per heavy atom. The molecule has 0 saturated heterocycles. The van der Waals surface area contributed by atoms with Crippen molar-refractivity contribution < 1.29 is 13.2 Å². The van der Waals surface area contributed by atoms with E-state index in [-0.39, 0.29) is 16.1 Å². The van der Waals surface area contributed by atoms with Crippen LogP contribution in [0.1, 0.15) is 19.5 Å². The summed E-state index contributed by atoms with van der Waals surface area (Å²) in [7, 11) is -3.83. The van der Waals surface area contributed by atoms with Crippen LogP contribution in [-0.2, 0) is 9.84 Å². The minimum absolute atomic E-state index is 0.0759. The van der Waals surface area contributed by atoms with Crippen molar-refractivity contribution in [1.29, 1.82) is 0 Å². The summed E-state index contributed by atoms with van der Waals surface area (Å²) in [5.41, 5.74) is 0.597. The summed E-state index contributed by atoms with van der Waals surface area (Å²) in [4.78, 5) is 17.7. The quantitative estimate of drug-likeness (QED) is 0.856. The largest absolute Gasteiger partial charge is 0.344 e. The number of hydrogen-bond acceptors (Lipinski definition) is 5. The summed E-state index contributed by atoms with van der Waals surface area (Å²) in [6, 6.07) is 5.69. The first-order valence-corrected chi connectivity index (χ1v) is 8.42. The Labute approximate surface area is 129 Å². The summed E-state index contributed by atoms with van der Waals surface area (Å²) in [5, 5.41) is 3.64. The van der Waals surface area contributed by atoms with Gasteiger partial charge in [-0.1, -0.05) is 6.07 Å². The Bertz CT molecular complexity index is 779. The molecule has 2 rings (SSSR count). The Morgan fingerprint density at radius 3 is 2.45 bits per heavy atom. The van der Waals surface area contributed by atoms with Gasteiger partial charge in [0.05, 0.1) is 0 Å². The fraction of sp³-hybridized carbons (Fsp3) is 0.357. The zero-order valence-electron chi connectivity index (χ0n) is 12.7. The van der Waals surface area contributed by atoms with Gasteiger partial charge in [-0.05, 0) is 39.0 Å². The van der Waals surface area contributed by atoms with Gasteiger partial charge in [-0.25, -0.2) is 18.2 Å². The second-order valence-corrected chi connectivity index (χ2v) is 6.52. The van der Waals surface area contributed by atoms with Crippen LogP contribution >= 0.6 is 0 Å². The molecule has 1 amide bonds. The molecule has 2 aromatic rings. The number of sulfone groups is 1. The molecule has 0 aliphatic carbocycles. The monoisotopic (exact) mass is 322 g/mol. The minimum atomic E-state index is -3.83. The van der Waals surface area contributed by atoms with E-state index in [0.29, 0.717) is 18.8 Å². The van der Waals surface area contributed by atoms with E-state index in [4.69, 9.17) is 0 Å². The molecule has 22 heavy (non-hydrogen) atoms. The summed E-state index contributed by atoms with van der Waals surface area (Å²) in [6.07, 6.45) is 1.35. The Balaban J connectivity index is 2.37. The van der Waals surface area contributed by atoms with E-state index in [1.54, 1.807) is 24.0 Å². The van der Waals surface area contributed by atoms with Crippen molar-refractivity contribution in [1.82, 2.24) is 19.7 Å². The maximum atomic E-state index is 12.5. The van der Waals surface area contributed by atoms with Crippen molar-refractivity contribution >= 4 is 15.9 Å². The normalized spacial score (nSPS) is 11.4. The van der Waals surface area contributed by atoms with E-state index in [9.17, 15) is 13.2 Å². The Hall–Kier alpha value is -2.22. The number of rotatable bonds is 4. The lowest BCUT2D eigenvalue weighted by Gasteiger charge is -2.17. The van der Waals surface area contributed by atoms with E-state index >= 15 is 0 Å². The molecule has 0 aliphatic rings. The van der Waals surface area contributed by atoms with Gasteiger partial charge >= 0.3 is 6.03 Å². The van der Waals surface area contributed by atoms with Gasteiger partial charge in [0.2, 0.25) is 9.84 Å². The molecule has 0 bridgehead atoms. The van der Waals surface area contributed by atoms with Gasteiger partial charge in [-0.3, -0.25) is 0 Å². The van der Waals surface area contributed by atoms with Gasteiger partial charge in [0.25, 0.3) is 0 Å². The van der Waals surface area contributed by atoms with E-state index < -0.39 is 9.84 Å². The molecule has 0 aromatic carbocycles. The van der Waals surface area contributed by atoms with E-state index in [1.807, 2.05) is 13.8 Å². The molecule has 8 heteroatoms. The van der Waals surface area contributed by atoms with Crippen molar-refractivity contribution in [3.63, 3.8) is 0 Å².